The Hall–Kier alpha value is -3.26. The van der Waals surface area contributed by atoms with Crippen molar-refractivity contribution in [2.75, 3.05) is 10.0 Å². The second-order valence-corrected chi connectivity index (χ2v) is 8.26. The number of carbonyl (C=O) groups is 1. The number of sulfonamides is 1. The summed E-state index contributed by atoms with van der Waals surface area (Å²) < 4.78 is 27.6. The van der Waals surface area contributed by atoms with Gasteiger partial charge in [0, 0.05) is 23.0 Å². The van der Waals surface area contributed by atoms with E-state index in [0.29, 0.717) is 22.8 Å². The topological polar surface area (TPSA) is 101 Å². The Labute approximate surface area is 170 Å². The SMILES string of the molecule is CCc1ccc(C(=O)Nc2ccc(S(=O)(=O)Nc3cc(C)nc(C)n3)cc2)cc1. The van der Waals surface area contributed by atoms with E-state index in [1.54, 1.807) is 44.2 Å². The normalized spacial score (nSPS) is 11.1. The lowest BCUT2D eigenvalue weighted by molar-refractivity contribution is 0.102. The van der Waals surface area contributed by atoms with E-state index >= 15 is 0 Å². The van der Waals surface area contributed by atoms with Crippen LogP contribution in [-0.4, -0.2) is 24.3 Å². The third-order valence-corrected chi connectivity index (χ3v) is 5.62. The minimum atomic E-state index is -3.80. The molecule has 0 saturated heterocycles. The van der Waals surface area contributed by atoms with E-state index in [1.807, 2.05) is 19.1 Å². The van der Waals surface area contributed by atoms with Crippen molar-refractivity contribution in [2.45, 2.75) is 32.1 Å². The van der Waals surface area contributed by atoms with Crippen molar-refractivity contribution in [3.63, 3.8) is 0 Å². The monoisotopic (exact) mass is 410 g/mol. The van der Waals surface area contributed by atoms with Crippen LogP contribution in [0.25, 0.3) is 0 Å². The van der Waals surface area contributed by atoms with E-state index in [0.717, 1.165) is 12.0 Å². The van der Waals surface area contributed by atoms with Crippen molar-refractivity contribution < 1.29 is 13.2 Å². The van der Waals surface area contributed by atoms with Gasteiger partial charge in [0.2, 0.25) is 0 Å². The van der Waals surface area contributed by atoms with Crippen LogP contribution in [-0.2, 0) is 16.4 Å². The quantitative estimate of drug-likeness (QED) is 0.645. The molecule has 0 bridgehead atoms. The highest BCUT2D eigenvalue weighted by Crippen LogP contribution is 2.18. The van der Waals surface area contributed by atoms with E-state index in [2.05, 4.69) is 20.0 Å². The minimum Gasteiger partial charge on any atom is -0.322 e. The molecule has 0 atom stereocenters. The first-order chi connectivity index (χ1) is 13.8. The van der Waals surface area contributed by atoms with Crippen LogP contribution in [0.3, 0.4) is 0 Å². The van der Waals surface area contributed by atoms with Gasteiger partial charge in [0.1, 0.15) is 11.6 Å². The molecular formula is C21H22N4O3S. The Morgan fingerprint density at radius 1 is 0.966 bits per heavy atom. The molecule has 150 valence electrons. The molecule has 0 saturated carbocycles. The summed E-state index contributed by atoms with van der Waals surface area (Å²) in [6.45, 7) is 5.50. The van der Waals surface area contributed by atoms with Gasteiger partial charge in [-0.3, -0.25) is 9.52 Å². The second kappa shape index (κ2) is 8.40. The van der Waals surface area contributed by atoms with Crippen LogP contribution < -0.4 is 10.0 Å². The maximum absolute atomic E-state index is 12.6. The third kappa shape index (κ3) is 5.17. The van der Waals surface area contributed by atoms with E-state index in [-0.39, 0.29) is 16.6 Å². The predicted octanol–water partition coefficient (Wildman–Crippen LogP) is 3.71. The van der Waals surface area contributed by atoms with Crippen LogP contribution in [0.4, 0.5) is 11.5 Å². The third-order valence-electron chi connectivity index (χ3n) is 4.25. The van der Waals surface area contributed by atoms with Gasteiger partial charge in [-0.25, -0.2) is 18.4 Å². The van der Waals surface area contributed by atoms with Crippen LogP contribution in [0.2, 0.25) is 0 Å². The molecule has 2 N–H and O–H groups in total. The average molecular weight is 410 g/mol. The summed E-state index contributed by atoms with van der Waals surface area (Å²) in [4.78, 5) is 20.6. The summed E-state index contributed by atoms with van der Waals surface area (Å²) in [7, 11) is -3.80. The van der Waals surface area contributed by atoms with Crippen LogP contribution in [0.1, 0.15) is 34.4 Å². The number of anilines is 2. The molecule has 3 aromatic rings. The number of amides is 1. The molecule has 0 unspecified atom stereocenters. The largest absolute Gasteiger partial charge is 0.322 e. The number of benzene rings is 2. The van der Waals surface area contributed by atoms with Crippen molar-refractivity contribution in [1.29, 1.82) is 0 Å². The lowest BCUT2D eigenvalue weighted by Gasteiger charge is -2.10. The highest BCUT2D eigenvalue weighted by molar-refractivity contribution is 7.92. The Morgan fingerprint density at radius 2 is 1.62 bits per heavy atom. The number of aryl methyl sites for hydroxylation is 3. The summed E-state index contributed by atoms with van der Waals surface area (Å²) in [5, 5.41) is 2.76. The van der Waals surface area contributed by atoms with E-state index in [9.17, 15) is 13.2 Å². The Morgan fingerprint density at radius 3 is 2.21 bits per heavy atom. The maximum atomic E-state index is 12.6. The molecule has 0 fully saturated rings. The molecule has 0 aliphatic heterocycles. The lowest BCUT2D eigenvalue weighted by Crippen LogP contribution is -2.15. The van der Waals surface area contributed by atoms with Gasteiger partial charge >= 0.3 is 0 Å². The highest BCUT2D eigenvalue weighted by atomic mass is 32.2. The van der Waals surface area contributed by atoms with Gasteiger partial charge in [-0.05, 0) is 62.2 Å². The number of rotatable bonds is 6. The van der Waals surface area contributed by atoms with Gasteiger partial charge in [-0.1, -0.05) is 19.1 Å². The maximum Gasteiger partial charge on any atom is 0.263 e. The first kappa shape index (κ1) is 20.5. The van der Waals surface area contributed by atoms with Crippen LogP contribution in [0, 0.1) is 13.8 Å². The van der Waals surface area contributed by atoms with Gasteiger partial charge < -0.3 is 5.32 Å². The zero-order valence-corrected chi connectivity index (χ0v) is 17.2. The molecule has 1 heterocycles. The molecule has 1 amide bonds. The fourth-order valence-electron chi connectivity index (χ4n) is 2.78. The number of carbonyl (C=O) groups excluding carboxylic acids is 1. The average Bonchev–Trinajstić information content (AvgIpc) is 2.67. The molecule has 0 aliphatic carbocycles. The summed E-state index contributed by atoms with van der Waals surface area (Å²) >= 11 is 0. The summed E-state index contributed by atoms with van der Waals surface area (Å²) in [5.41, 5.74) is 2.86. The summed E-state index contributed by atoms with van der Waals surface area (Å²) in [6, 6.07) is 14.9. The molecule has 8 heteroatoms. The molecule has 0 radical (unpaired) electrons. The Bertz CT molecular complexity index is 1110. The van der Waals surface area contributed by atoms with Gasteiger partial charge in [0.05, 0.1) is 4.90 Å². The first-order valence-electron chi connectivity index (χ1n) is 9.12. The molecular weight excluding hydrogens is 388 g/mol. The Balaban J connectivity index is 1.72. The second-order valence-electron chi connectivity index (χ2n) is 6.58. The fourth-order valence-corrected chi connectivity index (χ4v) is 3.77. The number of nitrogens with zero attached hydrogens (tertiary/aromatic N) is 2. The molecule has 0 spiro atoms. The molecule has 2 aromatic carbocycles. The lowest BCUT2D eigenvalue weighted by atomic mass is 10.1. The van der Waals surface area contributed by atoms with Gasteiger partial charge in [-0.2, -0.15) is 0 Å². The molecule has 1 aromatic heterocycles. The van der Waals surface area contributed by atoms with Crippen LogP contribution in [0.5, 0.6) is 0 Å². The standard InChI is InChI=1S/C21H22N4O3S/c1-4-16-5-7-17(8-6-16)21(26)24-18-9-11-19(12-10-18)29(27,28)25-20-13-14(2)22-15(3)23-20/h5-13H,4H2,1-3H3,(H,24,26)(H,22,23,25). The van der Waals surface area contributed by atoms with E-state index < -0.39 is 10.0 Å². The molecule has 3 rings (SSSR count). The number of aromatic nitrogens is 2. The number of nitrogens with one attached hydrogen (secondary N) is 2. The van der Waals surface area contributed by atoms with Crippen LogP contribution >= 0.6 is 0 Å². The highest BCUT2D eigenvalue weighted by Gasteiger charge is 2.16. The summed E-state index contributed by atoms with van der Waals surface area (Å²) in [6.07, 6.45) is 0.903. The molecule has 0 aliphatic rings. The Kier molecular flexibility index (Phi) is 5.93. The van der Waals surface area contributed by atoms with Crippen molar-refractivity contribution in [1.82, 2.24) is 9.97 Å². The van der Waals surface area contributed by atoms with E-state index in [1.165, 1.54) is 12.1 Å². The van der Waals surface area contributed by atoms with Crippen LogP contribution in [0.15, 0.2) is 59.5 Å². The zero-order valence-electron chi connectivity index (χ0n) is 16.4. The van der Waals surface area contributed by atoms with Crippen molar-refractivity contribution >= 4 is 27.4 Å². The molecule has 7 nitrogen and oxygen atoms in total. The molecule has 29 heavy (non-hydrogen) atoms. The van der Waals surface area contributed by atoms with Crippen molar-refractivity contribution in [3.05, 3.63) is 77.2 Å². The van der Waals surface area contributed by atoms with Gasteiger partial charge in [-0.15, -0.1) is 0 Å². The van der Waals surface area contributed by atoms with Gasteiger partial charge in [0.15, 0.2) is 0 Å². The van der Waals surface area contributed by atoms with Gasteiger partial charge in [0.25, 0.3) is 15.9 Å². The first-order valence-corrected chi connectivity index (χ1v) is 10.6. The van der Waals surface area contributed by atoms with Crippen molar-refractivity contribution in [3.8, 4) is 0 Å². The van der Waals surface area contributed by atoms with Crippen molar-refractivity contribution in [2.24, 2.45) is 0 Å². The van der Waals surface area contributed by atoms with E-state index in [4.69, 9.17) is 0 Å². The number of hydrogen-bond donors (Lipinski definition) is 2. The minimum absolute atomic E-state index is 0.0664. The summed E-state index contributed by atoms with van der Waals surface area (Å²) in [5.74, 6) is 0.434. The zero-order chi connectivity index (χ0) is 21.0. The number of hydrogen-bond acceptors (Lipinski definition) is 5. The fraction of sp³-hybridized carbons (Fsp3) is 0.190. The predicted molar refractivity (Wildman–Crippen MR) is 113 cm³/mol. The smallest absolute Gasteiger partial charge is 0.263 e.